The predicted molar refractivity (Wildman–Crippen MR) is 142 cm³/mol. The van der Waals surface area contributed by atoms with Crippen LogP contribution < -0.4 is 11.0 Å². The smallest absolute Gasteiger partial charge is 0.266 e. The van der Waals surface area contributed by atoms with Crippen LogP contribution >= 0.6 is 27.7 Å². The van der Waals surface area contributed by atoms with E-state index >= 15 is 0 Å². The predicted octanol–water partition coefficient (Wildman–Crippen LogP) is 5.45. The highest BCUT2D eigenvalue weighted by Crippen LogP contribution is 2.22. The number of para-hydroxylation sites is 1. The normalized spacial score (nSPS) is 11.8. The Morgan fingerprint density at radius 3 is 2.53 bits per heavy atom. The van der Waals surface area contributed by atoms with E-state index in [1.807, 2.05) is 79.7 Å². The minimum absolute atomic E-state index is 0.0557. The van der Waals surface area contributed by atoms with Gasteiger partial charge >= 0.3 is 0 Å². The SMILES string of the molecule is CC(/C=N\NC(=O)CSc1nc2ccccc2c(=O)n1-c1ccc(Br)cc1)=C\c1ccccc1. The Labute approximate surface area is 209 Å². The Kier molecular flexibility index (Phi) is 7.72. The van der Waals surface area contributed by atoms with E-state index in [1.54, 1.807) is 18.3 Å². The number of aromatic nitrogens is 2. The van der Waals surface area contributed by atoms with Crippen molar-refractivity contribution in [1.29, 1.82) is 0 Å². The molecule has 0 fully saturated rings. The van der Waals surface area contributed by atoms with E-state index < -0.39 is 0 Å². The van der Waals surface area contributed by atoms with Crippen LogP contribution in [0.4, 0.5) is 0 Å². The zero-order chi connectivity index (χ0) is 23.9. The number of fused-ring (bicyclic) bond motifs is 1. The van der Waals surface area contributed by atoms with Crippen molar-refractivity contribution in [3.63, 3.8) is 0 Å². The van der Waals surface area contributed by atoms with E-state index in [0.29, 0.717) is 21.7 Å². The number of hydrogen-bond donors (Lipinski definition) is 1. The van der Waals surface area contributed by atoms with Crippen LogP contribution in [-0.2, 0) is 4.79 Å². The number of hydrogen-bond acceptors (Lipinski definition) is 5. The van der Waals surface area contributed by atoms with Gasteiger partial charge < -0.3 is 0 Å². The molecule has 1 N–H and O–H groups in total. The molecule has 0 aliphatic heterocycles. The number of amides is 1. The van der Waals surface area contributed by atoms with Gasteiger partial charge in [-0.3, -0.25) is 14.2 Å². The lowest BCUT2D eigenvalue weighted by Gasteiger charge is -2.13. The summed E-state index contributed by atoms with van der Waals surface area (Å²) in [4.78, 5) is 30.3. The van der Waals surface area contributed by atoms with E-state index in [9.17, 15) is 9.59 Å². The largest absolute Gasteiger partial charge is 0.272 e. The van der Waals surface area contributed by atoms with Gasteiger partial charge in [-0.15, -0.1) is 0 Å². The number of halogens is 1. The fraction of sp³-hybridized carbons (Fsp3) is 0.0769. The van der Waals surface area contributed by atoms with Gasteiger partial charge in [-0.2, -0.15) is 5.10 Å². The number of nitrogens with zero attached hydrogens (tertiary/aromatic N) is 3. The molecule has 3 aromatic carbocycles. The molecule has 1 amide bonds. The minimum atomic E-state index is -0.293. The average molecular weight is 533 g/mol. The third-order valence-electron chi connectivity index (χ3n) is 4.81. The van der Waals surface area contributed by atoms with Crippen molar-refractivity contribution in [2.75, 3.05) is 5.75 Å². The highest BCUT2D eigenvalue weighted by molar-refractivity contribution is 9.10. The van der Waals surface area contributed by atoms with Crippen molar-refractivity contribution in [3.05, 3.63) is 105 Å². The summed E-state index contributed by atoms with van der Waals surface area (Å²) in [5.41, 5.74) is 5.57. The summed E-state index contributed by atoms with van der Waals surface area (Å²) in [5, 5.41) is 4.99. The Morgan fingerprint density at radius 2 is 1.76 bits per heavy atom. The second kappa shape index (κ2) is 11.1. The molecule has 8 heteroatoms. The maximum Gasteiger partial charge on any atom is 0.266 e. The lowest BCUT2D eigenvalue weighted by Crippen LogP contribution is -2.24. The van der Waals surface area contributed by atoms with Gasteiger partial charge in [0.25, 0.3) is 11.5 Å². The van der Waals surface area contributed by atoms with Crippen LogP contribution in [0.25, 0.3) is 22.7 Å². The maximum atomic E-state index is 13.2. The van der Waals surface area contributed by atoms with Crippen molar-refractivity contribution in [2.45, 2.75) is 12.1 Å². The summed E-state index contributed by atoms with van der Waals surface area (Å²) in [6, 6.07) is 24.4. The van der Waals surface area contributed by atoms with Gasteiger partial charge in [0.05, 0.1) is 28.6 Å². The van der Waals surface area contributed by atoms with Gasteiger partial charge in [-0.1, -0.05) is 76.2 Å². The quantitative estimate of drug-likeness (QED) is 0.149. The topological polar surface area (TPSA) is 76.3 Å². The molecule has 0 atom stereocenters. The summed E-state index contributed by atoms with van der Waals surface area (Å²) in [6.45, 7) is 1.91. The number of benzene rings is 3. The van der Waals surface area contributed by atoms with Crippen molar-refractivity contribution in [2.24, 2.45) is 5.10 Å². The van der Waals surface area contributed by atoms with E-state index in [0.717, 1.165) is 15.6 Å². The monoisotopic (exact) mass is 532 g/mol. The molecule has 0 bridgehead atoms. The van der Waals surface area contributed by atoms with Crippen LogP contribution in [0, 0.1) is 0 Å². The summed E-state index contributed by atoms with van der Waals surface area (Å²) in [7, 11) is 0. The number of carbonyl (C=O) groups is 1. The molecule has 4 rings (SSSR count). The number of allylic oxidation sites excluding steroid dienone is 1. The van der Waals surface area contributed by atoms with E-state index in [2.05, 4.69) is 31.4 Å². The van der Waals surface area contributed by atoms with Gasteiger partial charge in [0.1, 0.15) is 0 Å². The second-order valence-electron chi connectivity index (χ2n) is 7.41. The van der Waals surface area contributed by atoms with E-state index in [4.69, 9.17) is 0 Å². The Balaban J connectivity index is 1.51. The fourth-order valence-electron chi connectivity index (χ4n) is 3.24. The van der Waals surface area contributed by atoms with Crippen LogP contribution in [0.5, 0.6) is 0 Å². The molecule has 1 heterocycles. The van der Waals surface area contributed by atoms with Crippen LogP contribution in [-0.4, -0.2) is 27.4 Å². The molecule has 1 aromatic heterocycles. The zero-order valence-electron chi connectivity index (χ0n) is 18.3. The molecule has 0 saturated heterocycles. The lowest BCUT2D eigenvalue weighted by atomic mass is 10.1. The van der Waals surface area contributed by atoms with Crippen LogP contribution in [0.15, 0.2) is 104 Å². The van der Waals surface area contributed by atoms with Gasteiger partial charge in [-0.05, 0) is 54.5 Å². The molecular weight excluding hydrogens is 512 g/mol. The molecule has 0 radical (unpaired) electrons. The highest BCUT2D eigenvalue weighted by Gasteiger charge is 2.14. The molecule has 0 spiro atoms. The van der Waals surface area contributed by atoms with Crippen LogP contribution in [0.1, 0.15) is 12.5 Å². The van der Waals surface area contributed by atoms with Gasteiger partial charge in [0, 0.05) is 4.47 Å². The Bertz CT molecular complexity index is 1430. The summed E-state index contributed by atoms with van der Waals surface area (Å²) in [6.07, 6.45) is 3.57. The van der Waals surface area contributed by atoms with Crippen molar-refractivity contribution >= 4 is 56.8 Å². The summed E-state index contributed by atoms with van der Waals surface area (Å²) in [5.74, 6) is -0.237. The first kappa shape index (κ1) is 23.7. The molecule has 4 aromatic rings. The molecule has 170 valence electrons. The Morgan fingerprint density at radius 1 is 1.06 bits per heavy atom. The summed E-state index contributed by atoms with van der Waals surface area (Å²) < 4.78 is 2.43. The fourth-order valence-corrected chi connectivity index (χ4v) is 4.31. The van der Waals surface area contributed by atoms with Crippen molar-refractivity contribution in [1.82, 2.24) is 15.0 Å². The average Bonchev–Trinajstić information content (AvgIpc) is 2.84. The van der Waals surface area contributed by atoms with Gasteiger partial charge in [0.15, 0.2) is 5.16 Å². The number of thioether (sulfide) groups is 1. The third kappa shape index (κ3) is 5.89. The first-order valence-corrected chi connectivity index (χ1v) is 12.2. The molecule has 6 nitrogen and oxygen atoms in total. The van der Waals surface area contributed by atoms with Crippen LogP contribution in [0.2, 0.25) is 0 Å². The van der Waals surface area contributed by atoms with Crippen molar-refractivity contribution < 1.29 is 4.79 Å². The second-order valence-corrected chi connectivity index (χ2v) is 9.27. The molecule has 34 heavy (non-hydrogen) atoms. The lowest BCUT2D eigenvalue weighted by molar-refractivity contribution is -0.118. The number of hydrazone groups is 1. The number of nitrogens with one attached hydrogen (secondary N) is 1. The van der Waals surface area contributed by atoms with Crippen molar-refractivity contribution in [3.8, 4) is 5.69 Å². The van der Waals surface area contributed by atoms with E-state index in [-0.39, 0.29) is 17.2 Å². The Hall–Kier alpha value is -3.49. The molecule has 0 aliphatic rings. The van der Waals surface area contributed by atoms with Crippen LogP contribution in [0.3, 0.4) is 0 Å². The molecule has 0 saturated carbocycles. The highest BCUT2D eigenvalue weighted by atomic mass is 79.9. The van der Waals surface area contributed by atoms with E-state index in [1.165, 1.54) is 16.3 Å². The molecule has 0 aliphatic carbocycles. The first-order valence-electron chi connectivity index (χ1n) is 10.5. The third-order valence-corrected chi connectivity index (χ3v) is 6.28. The van der Waals surface area contributed by atoms with Gasteiger partial charge in [-0.25, -0.2) is 10.4 Å². The minimum Gasteiger partial charge on any atom is -0.272 e. The first-order chi connectivity index (χ1) is 16.5. The number of rotatable bonds is 7. The maximum absolute atomic E-state index is 13.2. The standard InChI is InChI=1S/C26H21BrN4O2S/c1-18(15-19-7-3-2-4-8-19)16-28-30-24(32)17-34-26-29-23-10-6-5-9-22(23)25(33)31(26)21-13-11-20(27)12-14-21/h2-16H,17H2,1H3,(H,30,32)/b18-15+,28-16-. The number of carbonyl (C=O) groups excluding carboxylic acids is 1. The van der Waals surface area contributed by atoms with Gasteiger partial charge in [0.2, 0.25) is 0 Å². The molecule has 0 unspecified atom stereocenters. The molecular formula is C26H21BrN4O2S. The zero-order valence-corrected chi connectivity index (χ0v) is 20.7. The summed E-state index contributed by atoms with van der Waals surface area (Å²) >= 11 is 4.60.